The summed E-state index contributed by atoms with van der Waals surface area (Å²) in [5.74, 6) is 1.23. The zero-order valence-corrected chi connectivity index (χ0v) is 15.6. The molecule has 0 aliphatic heterocycles. The van der Waals surface area contributed by atoms with Crippen molar-refractivity contribution < 1.29 is 14.3 Å². The van der Waals surface area contributed by atoms with Crippen LogP contribution in [-0.2, 0) is 4.79 Å². The largest absolute Gasteiger partial charge is 0.497 e. The van der Waals surface area contributed by atoms with Crippen LogP contribution in [0.2, 0.25) is 5.02 Å². The Labute approximate surface area is 151 Å². The molecule has 0 fully saturated rings. The summed E-state index contributed by atoms with van der Waals surface area (Å²) in [7, 11) is 3.17. The summed E-state index contributed by atoms with van der Waals surface area (Å²) in [4.78, 5) is 13.5. The van der Waals surface area contributed by atoms with E-state index in [0.29, 0.717) is 16.5 Å². The lowest BCUT2D eigenvalue weighted by Crippen LogP contribution is -2.22. The van der Waals surface area contributed by atoms with Crippen LogP contribution in [0.5, 0.6) is 11.5 Å². The first-order valence-corrected chi connectivity index (χ1v) is 8.66. The average molecular weight is 366 g/mol. The van der Waals surface area contributed by atoms with Gasteiger partial charge in [0, 0.05) is 16.0 Å². The van der Waals surface area contributed by atoms with Crippen molar-refractivity contribution in [3.8, 4) is 11.5 Å². The first-order chi connectivity index (χ1) is 11.4. The third-order valence-electron chi connectivity index (χ3n) is 3.48. The van der Waals surface area contributed by atoms with Crippen molar-refractivity contribution in [1.82, 2.24) is 0 Å². The molecule has 0 spiro atoms. The normalized spacial score (nSPS) is 11.7. The number of ether oxygens (including phenoxy) is 2. The molecule has 1 amide bonds. The molecule has 0 bridgehead atoms. The van der Waals surface area contributed by atoms with E-state index >= 15 is 0 Å². The van der Waals surface area contributed by atoms with Crippen molar-refractivity contribution in [1.29, 1.82) is 0 Å². The number of amides is 1. The van der Waals surface area contributed by atoms with Gasteiger partial charge in [0.05, 0.1) is 25.2 Å². The molecule has 2 aromatic carbocycles. The van der Waals surface area contributed by atoms with E-state index in [9.17, 15) is 4.79 Å². The van der Waals surface area contributed by atoms with E-state index in [1.165, 1.54) is 11.8 Å². The van der Waals surface area contributed by atoms with Gasteiger partial charge in [-0.05, 0) is 49.7 Å². The van der Waals surface area contributed by atoms with Crippen LogP contribution in [0, 0.1) is 6.92 Å². The fourth-order valence-corrected chi connectivity index (χ4v) is 3.10. The predicted molar refractivity (Wildman–Crippen MR) is 99.7 cm³/mol. The van der Waals surface area contributed by atoms with Gasteiger partial charge in [-0.25, -0.2) is 0 Å². The molecule has 2 rings (SSSR count). The number of nitrogens with one attached hydrogen (secondary N) is 1. The Hall–Kier alpha value is -1.85. The molecule has 0 heterocycles. The number of carbonyl (C=O) groups is 1. The van der Waals surface area contributed by atoms with Crippen molar-refractivity contribution in [2.75, 3.05) is 19.5 Å². The molecule has 0 aromatic heterocycles. The van der Waals surface area contributed by atoms with E-state index in [0.717, 1.165) is 16.2 Å². The molecule has 0 unspecified atom stereocenters. The van der Waals surface area contributed by atoms with Crippen LogP contribution in [-0.4, -0.2) is 25.4 Å². The molecule has 0 saturated carbocycles. The van der Waals surface area contributed by atoms with Crippen molar-refractivity contribution in [2.24, 2.45) is 0 Å². The quantitative estimate of drug-likeness (QED) is 0.748. The van der Waals surface area contributed by atoms with Gasteiger partial charge in [-0.1, -0.05) is 11.6 Å². The second kappa shape index (κ2) is 8.31. The number of thioether (sulfide) groups is 1. The molecule has 128 valence electrons. The SMILES string of the molecule is COc1ccc(S[C@@H](C)C(=O)Nc2cc(C)c(Cl)cc2OC)cc1. The fraction of sp³-hybridized carbons (Fsp3) is 0.278. The van der Waals surface area contributed by atoms with E-state index in [4.69, 9.17) is 21.1 Å². The summed E-state index contributed by atoms with van der Waals surface area (Å²) in [6, 6.07) is 11.1. The zero-order chi connectivity index (χ0) is 17.7. The van der Waals surface area contributed by atoms with Gasteiger partial charge in [0.15, 0.2) is 0 Å². The molecule has 1 N–H and O–H groups in total. The van der Waals surface area contributed by atoms with Crippen LogP contribution in [0.3, 0.4) is 0 Å². The lowest BCUT2D eigenvalue weighted by molar-refractivity contribution is -0.115. The Morgan fingerprint density at radius 1 is 1.17 bits per heavy atom. The standard InChI is InChI=1S/C18H20ClNO3S/c1-11-9-16(17(23-4)10-15(11)19)20-18(21)12(2)24-14-7-5-13(22-3)6-8-14/h5-10,12H,1-4H3,(H,20,21)/t12-/m0/s1. The summed E-state index contributed by atoms with van der Waals surface area (Å²) >= 11 is 7.57. The maximum Gasteiger partial charge on any atom is 0.237 e. The average Bonchev–Trinajstić information content (AvgIpc) is 2.58. The van der Waals surface area contributed by atoms with Crippen LogP contribution < -0.4 is 14.8 Å². The number of benzene rings is 2. The molecule has 0 aliphatic carbocycles. The molecule has 4 nitrogen and oxygen atoms in total. The fourth-order valence-electron chi connectivity index (χ4n) is 2.08. The van der Waals surface area contributed by atoms with E-state index in [-0.39, 0.29) is 11.2 Å². The third kappa shape index (κ3) is 4.58. The third-order valence-corrected chi connectivity index (χ3v) is 5.00. The van der Waals surface area contributed by atoms with Gasteiger partial charge in [-0.3, -0.25) is 4.79 Å². The number of methoxy groups -OCH3 is 2. The number of anilines is 1. The van der Waals surface area contributed by atoms with Gasteiger partial charge >= 0.3 is 0 Å². The van der Waals surface area contributed by atoms with E-state index < -0.39 is 0 Å². The lowest BCUT2D eigenvalue weighted by Gasteiger charge is -2.15. The Morgan fingerprint density at radius 2 is 1.83 bits per heavy atom. The molecule has 1 atom stereocenters. The van der Waals surface area contributed by atoms with Gasteiger partial charge in [0.2, 0.25) is 5.91 Å². The zero-order valence-electron chi connectivity index (χ0n) is 14.1. The van der Waals surface area contributed by atoms with Crippen molar-refractivity contribution >= 4 is 35.0 Å². The summed E-state index contributed by atoms with van der Waals surface area (Å²) in [6.45, 7) is 3.74. The van der Waals surface area contributed by atoms with Gasteiger partial charge < -0.3 is 14.8 Å². The Balaban J connectivity index is 2.07. The van der Waals surface area contributed by atoms with E-state index in [2.05, 4.69) is 5.32 Å². The summed E-state index contributed by atoms with van der Waals surface area (Å²) in [5, 5.41) is 3.24. The number of hydrogen-bond donors (Lipinski definition) is 1. The lowest BCUT2D eigenvalue weighted by atomic mass is 10.2. The monoisotopic (exact) mass is 365 g/mol. The van der Waals surface area contributed by atoms with Crippen molar-refractivity contribution in [3.63, 3.8) is 0 Å². The highest BCUT2D eigenvalue weighted by molar-refractivity contribution is 8.00. The van der Waals surface area contributed by atoms with Crippen LogP contribution in [0.15, 0.2) is 41.3 Å². The molecule has 0 radical (unpaired) electrons. The number of rotatable bonds is 6. The second-order valence-electron chi connectivity index (χ2n) is 5.23. The summed E-state index contributed by atoms with van der Waals surface area (Å²) in [5.41, 5.74) is 1.50. The van der Waals surface area contributed by atoms with Crippen LogP contribution >= 0.6 is 23.4 Å². The minimum absolute atomic E-state index is 0.101. The number of halogens is 1. The van der Waals surface area contributed by atoms with E-state index in [1.807, 2.05) is 44.2 Å². The Bertz CT molecular complexity index is 719. The highest BCUT2D eigenvalue weighted by Crippen LogP contribution is 2.32. The number of carbonyl (C=O) groups excluding carboxylic acids is 1. The summed E-state index contributed by atoms with van der Waals surface area (Å²) in [6.07, 6.45) is 0. The number of aryl methyl sites for hydroxylation is 1. The van der Waals surface area contributed by atoms with Crippen LogP contribution in [0.25, 0.3) is 0 Å². The first kappa shape index (κ1) is 18.5. The van der Waals surface area contributed by atoms with Gasteiger partial charge in [0.25, 0.3) is 0 Å². The first-order valence-electron chi connectivity index (χ1n) is 7.40. The Kier molecular flexibility index (Phi) is 6.40. The summed E-state index contributed by atoms with van der Waals surface area (Å²) < 4.78 is 10.4. The minimum Gasteiger partial charge on any atom is -0.497 e. The van der Waals surface area contributed by atoms with Crippen molar-refractivity contribution in [3.05, 3.63) is 47.0 Å². The minimum atomic E-state index is -0.265. The molecule has 6 heteroatoms. The molecule has 2 aromatic rings. The predicted octanol–water partition coefficient (Wildman–Crippen LogP) is 4.78. The molecule has 24 heavy (non-hydrogen) atoms. The molecule has 0 saturated heterocycles. The van der Waals surface area contributed by atoms with Crippen LogP contribution in [0.1, 0.15) is 12.5 Å². The van der Waals surface area contributed by atoms with E-state index in [1.54, 1.807) is 20.3 Å². The maximum absolute atomic E-state index is 12.5. The smallest absolute Gasteiger partial charge is 0.237 e. The van der Waals surface area contributed by atoms with Gasteiger partial charge in [-0.15, -0.1) is 11.8 Å². The van der Waals surface area contributed by atoms with Gasteiger partial charge in [-0.2, -0.15) is 0 Å². The Morgan fingerprint density at radius 3 is 2.42 bits per heavy atom. The molecular formula is C18H20ClNO3S. The topological polar surface area (TPSA) is 47.6 Å². The van der Waals surface area contributed by atoms with Crippen LogP contribution in [0.4, 0.5) is 5.69 Å². The highest BCUT2D eigenvalue weighted by Gasteiger charge is 2.17. The highest BCUT2D eigenvalue weighted by atomic mass is 35.5. The maximum atomic E-state index is 12.5. The van der Waals surface area contributed by atoms with Crippen molar-refractivity contribution in [2.45, 2.75) is 24.0 Å². The van der Waals surface area contributed by atoms with Gasteiger partial charge in [0.1, 0.15) is 11.5 Å². The molecular weight excluding hydrogens is 346 g/mol. The second-order valence-corrected chi connectivity index (χ2v) is 7.05. The molecule has 0 aliphatic rings. The number of hydrogen-bond acceptors (Lipinski definition) is 4.